The van der Waals surface area contributed by atoms with Gasteiger partial charge in [-0.05, 0) is 97.9 Å². The summed E-state index contributed by atoms with van der Waals surface area (Å²) in [5, 5.41) is 6.35. The molecule has 0 aromatic heterocycles. The van der Waals surface area contributed by atoms with Gasteiger partial charge >= 0.3 is 17.9 Å². The molecule has 2 amide bonds. The summed E-state index contributed by atoms with van der Waals surface area (Å²) < 4.78 is 46.2. The number of hydrogen-bond acceptors (Lipinski definition) is 12. The number of rotatable bonds is 21. The third-order valence-corrected chi connectivity index (χ3v) is 9.26. The first-order valence-corrected chi connectivity index (χ1v) is 22.4. The molecule has 0 saturated heterocycles. The lowest BCUT2D eigenvalue weighted by Gasteiger charge is -2.27. The Morgan fingerprint density at radius 3 is 1.70 bits per heavy atom. The second-order valence-electron chi connectivity index (χ2n) is 18.5. The van der Waals surface area contributed by atoms with Gasteiger partial charge in [0.15, 0.2) is 15.6 Å². The van der Waals surface area contributed by atoms with E-state index in [4.69, 9.17) is 18.9 Å². The minimum absolute atomic E-state index is 0.0250. The van der Waals surface area contributed by atoms with Crippen LogP contribution in [-0.2, 0) is 65.8 Å². The molecular weight excluding hydrogens is 805 g/mol. The van der Waals surface area contributed by atoms with Crippen molar-refractivity contribution in [2.75, 3.05) is 6.26 Å². The molecule has 0 aliphatic carbocycles. The lowest BCUT2D eigenvalue weighted by atomic mass is 9.86. The Morgan fingerprint density at radius 1 is 0.656 bits per heavy atom. The van der Waals surface area contributed by atoms with E-state index >= 15 is 0 Å². The molecule has 0 saturated carbocycles. The number of nitrogens with one attached hydrogen (secondary N) is 2. The van der Waals surface area contributed by atoms with E-state index in [9.17, 15) is 37.2 Å². The maximum atomic E-state index is 14.4. The average molecular weight is 871 g/mol. The minimum atomic E-state index is -3.64. The van der Waals surface area contributed by atoms with E-state index in [1.165, 1.54) is 6.08 Å². The van der Waals surface area contributed by atoms with E-state index in [-0.39, 0.29) is 25.9 Å². The van der Waals surface area contributed by atoms with Gasteiger partial charge in [0.25, 0.3) is 0 Å². The van der Waals surface area contributed by atoms with Crippen molar-refractivity contribution in [3.05, 3.63) is 77.2 Å². The van der Waals surface area contributed by atoms with Crippen LogP contribution in [-0.4, -0.2) is 79.1 Å². The van der Waals surface area contributed by atoms with Gasteiger partial charge in [0.2, 0.25) is 11.8 Å². The van der Waals surface area contributed by atoms with Gasteiger partial charge in [-0.2, -0.15) is 0 Å². The fourth-order valence-electron chi connectivity index (χ4n) is 5.91. The molecule has 0 bridgehead atoms. The number of esters is 3. The molecule has 2 N–H and O–H groups in total. The summed E-state index contributed by atoms with van der Waals surface area (Å²) in [6, 6.07) is 13.6. The summed E-state index contributed by atoms with van der Waals surface area (Å²) in [6.45, 7) is 19.1. The van der Waals surface area contributed by atoms with Crippen molar-refractivity contribution in [1.82, 2.24) is 10.6 Å². The number of amides is 2. The van der Waals surface area contributed by atoms with Crippen LogP contribution in [0.15, 0.2) is 66.1 Å². The Hall–Kier alpha value is -5.05. The minimum Gasteiger partial charge on any atom is -0.488 e. The Morgan fingerprint density at radius 2 is 1.20 bits per heavy atom. The zero-order chi connectivity index (χ0) is 46.3. The van der Waals surface area contributed by atoms with Crippen LogP contribution in [0.4, 0.5) is 0 Å². The van der Waals surface area contributed by atoms with Crippen LogP contribution in [0.25, 0.3) is 0 Å². The van der Waals surface area contributed by atoms with Gasteiger partial charge in [-0.15, -0.1) is 0 Å². The van der Waals surface area contributed by atoms with Crippen molar-refractivity contribution in [1.29, 1.82) is 0 Å². The molecule has 0 heterocycles. The van der Waals surface area contributed by atoms with E-state index in [1.807, 2.05) is 26.8 Å². The molecule has 2 rings (SSSR count). The topological polar surface area (TPSA) is 198 Å². The van der Waals surface area contributed by atoms with E-state index in [2.05, 4.69) is 10.6 Å². The number of ketones is 1. The van der Waals surface area contributed by atoms with E-state index in [1.54, 1.807) is 104 Å². The molecule has 0 aliphatic heterocycles. The molecule has 14 nitrogen and oxygen atoms in total. The Labute approximate surface area is 361 Å². The van der Waals surface area contributed by atoms with Crippen LogP contribution in [0.2, 0.25) is 0 Å². The van der Waals surface area contributed by atoms with Gasteiger partial charge in [-0.3, -0.25) is 28.8 Å². The highest BCUT2D eigenvalue weighted by molar-refractivity contribution is 7.93. The monoisotopic (exact) mass is 870 g/mol. The quantitative estimate of drug-likeness (QED) is 0.104. The highest BCUT2D eigenvalue weighted by Crippen LogP contribution is 2.23. The fraction of sp³-hybridized carbons (Fsp3) is 0.565. The molecule has 0 aliphatic rings. The third-order valence-electron chi connectivity index (χ3n) is 8.61. The van der Waals surface area contributed by atoms with E-state index in [0.29, 0.717) is 11.3 Å². The fourth-order valence-corrected chi connectivity index (χ4v) is 6.38. The molecule has 2 aromatic rings. The molecule has 0 unspecified atom stereocenters. The lowest BCUT2D eigenvalue weighted by molar-refractivity contribution is -0.159. The summed E-state index contributed by atoms with van der Waals surface area (Å²) in [5.41, 5.74) is -0.836. The van der Waals surface area contributed by atoms with E-state index in [0.717, 1.165) is 17.2 Å². The number of carbonyl (C=O) groups excluding carboxylic acids is 6. The number of Topliss-reactive ketones (excluding diaryl/α,β-unsaturated/α-hetero) is 1. The number of carbonyl (C=O) groups is 6. The number of benzene rings is 2. The summed E-state index contributed by atoms with van der Waals surface area (Å²) in [4.78, 5) is 81.3. The molecule has 0 fully saturated rings. The number of sulfone groups is 1. The van der Waals surface area contributed by atoms with Gasteiger partial charge in [0.1, 0.15) is 29.2 Å². The van der Waals surface area contributed by atoms with Crippen molar-refractivity contribution in [3.63, 3.8) is 0 Å². The van der Waals surface area contributed by atoms with Crippen molar-refractivity contribution in [3.8, 4) is 5.75 Å². The predicted octanol–water partition coefficient (Wildman–Crippen LogP) is 6.38. The first-order chi connectivity index (χ1) is 28.0. The van der Waals surface area contributed by atoms with Crippen LogP contribution in [0.5, 0.6) is 5.75 Å². The summed E-state index contributed by atoms with van der Waals surface area (Å²) in [7, 11) is -3.64. The van der Waals surface area contributed by atoms with Crippen molar-refractivity contribution >= 4 is 45.3 Å². The van der Waals surface area contributed by atoms with Crippen LogP contribution in [0, 0.1) is 17.8 Å². The molecule has 0 spiro atoms. The summed E-state index contributed by atoms with van der Waals surface area (Å²) >= 11 is 0. The highest BCUT2D eigenvalue weighted by atomic mass is 32.2. The van der Waals surface area contributed by atoms with Gasteiger partial charge in [0.05, 0.1) is 37.3 Å². The zero-order valence-corrected chi connectivity index (χ0v) is 38.6. The molecular formula is C46H66N2O12S. The molecule has 4 atom stereocenters. The number of ether oxygens (including phenoxy) is 4. The Bertz CT molecular complexity index is 1940. The zero-order valence-electron chi connectivity index (χ0n) is 37.8. The smallest absolute Gasteiger partial charge is 0.308 e. The van der Waals surface area contributed by atoms with Crippen molar-refractivity contribution in [2.45, 2.75) is 144 Å². The third kappa shape index (κ3) is 22.4. The van der Waals surface area contributed by atoms with Crippen LogP contribution in [0.1, 0.15) is 113 Å². The van der Waals surface area contributed by atoms with Gasteiger partial charge < -0.3 is 29.6 Å². The lowest BCUT2D eigenvalue weighted by Crippen LogP contribution is -2.48. The van der Waals surface area contributed by atoms with Gasteiger partial charge in [0, 0.05) is 24.0 Å². The highest BCUT2D eigenvalue weighted by Gasteiger charge is 2.35. The average Bonchev–Trinajstić information content (AvgIpc) is 3.09. The Kier molecular flexibility index (Phi) is 19.4. The van der Waals surface area contributed by atoms with Gasteiger partial charge in [-0.1, -0.05) is 62.4 Å². The van der Waals surface area contributed by atoms with Crippen LogP contribution < -0.4 is 15.4 Å². The predicted molar refractivity (Wildman–Crippen MR) is 232 cm³/mol. The summed E-state index contributed by atoms with van der Waals surface area (Å²) in [6.07, 6.45) is 0.398. The maximum absolute atomic E-state index is 14.4. The molecule has 15 heteroatoms. The normalized spacial score (nSPS) is 14.3. The Balaban J connectivity index is 2.48. The van der Waals surface area contributed by atoms with Crippen LogP contribution >= 0.6 is 0 Å². The van der Waals surface area contributed by atoms with Crippen molar-refractivity contribution in [2.24, 2.45) is 17.8 Å². The molecule has 2 aromatic carbocycles. The SMILES string of the molecule is CC(C)[C@H](CC(=O)[C@H](Cc1ccc(OC(C)(C)C)cc1)NC(=O)[C@@H](CC(=O)OCc1ccccc1)CC(=O)OC(C)(C)C)C(=O)N[C@H](/C=C/S(C)(=O)=O)CC(=O)OC(C)(C)C. The maximum Gasteiger partial charge on any atom is 0.308 e. The van der Waals surface area contributed by atoms with Crippen molar-refractivity contribution < 1.29 is 56.1 Å². The second kappa shape index (κ2) is 22.7. The number of hydrogen-bond donors (Lipinski definition) is 2. The molecule has 0 radical (unpaired) electrons. The second-order valence-corrected chi connectivity index (χ2v) is 20.5. The first kappa shape index (κ1) is 52.1. The molecule has 338 valence electrons. The largest absolute Gasteiger partial charge is 0.488 e. The van der Waals surface area contributed by atoms with E-state index < -0.39 is 105 Å². The standard InChI is InChI=1S/C46H66N2O12S/c1-30(2)36(43(54)47-34(22-23-61(12,55)56)27-41(52)60-46(9,10)11)28-38(49)37(24-31-18-20-35(21-19-31)58-44(3,4)5)48-42(53)33(26-40(51)59-45(6,7)8)25-39(50)57-29-32-16-14-13-15-17-32/h13-23,30,33-34,36-37H,24-29H2,1-12H3,(H,47,54)(H,48,53)/b23-22+/t33-,34+,36-,37-/m0/s1. The first-order valence-electron chi connectivity index (χ1n) is 20.4. The molecule has 61 heavy (non-hydrogen) atoms. The summed E-state index contributed by atoms with van der Waals surface area (Å²) in [5.74, 6) is -6.23. The van der Waals surface area contributed by atoms with Crippen LogP contribution in [0.3, 0.4) is 0 Å². The van der Waals surface area contributed by atoms with Gasteiger partial charge in [-0.25, -0.2) is 8.42 Å².